The Labute approximate surface area is 114 Å². The SMILES string of the molecule is Cc1cc(F)c(C(=O)CC(=O)c2nccn2C)cc1F. The topological polar surface area (TPSA) is 52.0 Å². The number of ketones is 2. The van der Waals surface area contributed by atoms with E-state index in [9.17, 15) is 18.4 Å². The zero-order valence-electron chi connectivity index (χ0n) is 11.0. The lowest BCUT2D eigenvalue weighted by molar-refractivity contribution is 0.0884. The Morgan fingerprint density at radius 1 is 1.20 bits per heavy atom. The van der Waals surface area contributed by atoms with Crippen LogP contribution in [0.2, 0.25) is 0 Å². The summed E-state index contributed by atoms with van der Waals surface area (Å²) in [6.45, 7) is 1.39. The molecule has 1 aromatic carbocycles. The molecular weight excluding hydrogens is 266 g/mol. The highest BCUT2D eigenvalue weighted by Crippen LogP contribution is 2.16. The number of halogens is 2. The summed E-state index contributed by atoms with van der Waals surface area (Å²) in [5.74, 6) is -2.72. The highest BCUT2D eigenvalue weighted by molar-refractivity contribution is 6.12. The van der Waals surface area contributed by atoms with Crippen LogP contribution >= 0.6 is 0 Å². The lowest BCUT2D eigenvalue weighted by atomic mass is 10.0. The normalized spacial score (nSPS) is 10.6. The van der Waals surface area contributed by atoms with Crippen molar-refractivity contribution in [3.8, 4) is 0 Å². The molecule has 0 bridgehead atoms. The average molecular weight is 278 g/mol. The minimum absolute atomic E-state index is 0.103. The van der Waals surface area contributed by atoms with Crippen molar-refractivity contribution in [3.63, 3.8) is 0 Å². The second kappa shape index (κ2) is 5.32. The lowest BCUT2D eigenvalue weighted by Crippen LogP contribution is -2.14. The summed E-state index contributed by atoms with van der Waals surface area (Å²) >= 11 is 0. The number of carbonyl (C=O) groups is 2. The highest BCUT2D eigenvalue weighted by atomic mass is 19.1. The molecule has 0 aliphatic carbocycles. The standard InChI is InChI=1S/C14H12F2N2O2/c1-8-5-11(16)9(6-10(8)15)12(19)7-13(20)14-17-3-4-18(14)2/h3-6H,7H2,1-2H3. The Morgan fingerprint density at radius 2 is 1.90 bits per heavy atom. The maximum atomic E-state index is 13.6. The summed E-state index contributed by atoms with van der Waals surface area (Å²) in [6.07, 6.45) is 2.43. The number of nitrogens with zero attached hydrogens (tertiary/aromatic N) is 2. The van der Waals surface area contributed by atoms with Gasteiger partial charge in [0.2, 0.25) is 5.78 Å². The highest BCUT2D eigenvalue weighted by Gasteiger charge is 2.20. The average Bonchev–Trinajstić information content (AvgIpc) is 2.80. The molecule has 0 saturated carbocycles. The molecule has 2 aromatic rings. The predicted octanol–water partition coefficient (Wildman–Crippen LogP) is 2.46. The van der Waals surface area contributed by atoms with Gasteiger partial charge in [-0.15, -0.1) is 0 Å². The predicted molar refractivity (Wildman–Crippen MR) is 67.6 cm³/mol. The van der Waals surface area contributed by atoms with Crippen LogP contribution in [0.4, 0.5) is 8.78 Å². The minimum Gasteiger partial charge on any atom is -0.332 e. The van der Waals surface area contributed by atoms with Crippen molar-refractivity contribution in [3.05, 3.63) is 53.1 Å². The molecule has 0 aliphatic rings. The zero-order chi connectivity index (χ0) is 14.9. The van der Waals surface area contributed by atoms with Crippen LogP contribution in [0.15, 0.2) is 24.5 Å². The van der Waals surface area contributed by atoms with E-state index in [0.29, 0.717) is 0 Å². The van der Waals surface area contributed by atoms with Crippen LogP contribution in [-0.4, -0.2) is 21.1 Å². The summed E-state index contributed by atoms with van der Waals surface area (Å²) in [5.41, 5.74) is -0.315. The molecule has 2 rings (SSSR count). The second-order valence-corrected chi connectivity index (χ2v) is 4.47. The molecule has 20 heavy (non-hydrogen) atoms. The van der Waals surface area contributed by atoms with Gasteiger partial charge in [0.25, 0.3) is 0 Å². The van der Waals surface area contributed by atoms with Gasteiger partial charge in [-0.1, -0.05) is 0 Å². The molecule has 4 nitrogen and oxygen atoms in total. The zero-order valence-corrected chi connectivity index (χ0v) is 11.0. The van der Waals surface area contributed by atoms with Crippen LogP contribution in [0.3, 0.4) is 0 Å². The maximum absolute atomic E-state index is 13.6. The Hall–Kier alpha value is -2.37. The smallest absolute Gasteiger partial charge is 0.205 e. The van der Waals surface area contributed by atoms with E-state index < -0.39 is 35.2 Å². The minimum atomic E-state index is -0.832. The molecule has 0 amide bonds. The fourth-order valence-corrected chi connectivity index (χ4v) is 1.81. The van der Waals surface area contributed by atoms with Gasteiger partial charge in [-0.05, 0) is 24.6 Å². The van der Waals surface area contributed by atoms with E-state index in [4.69, 9.17) is 0 Å². The van der Waals surface area contributed by atoms with Crippen molar-refractivity contribution < 1.29 is 18.4 Å². The largest absolute Gasteiger partial charge is 0.332 e. The van der Waals surface area contributed by atoms with Crippen molar-refractivity contribution in [2.45, 2.75) is 13.3 Å². The first-order chi connectivity index (χ1) is 9.40. The summed E-state index contributed by atoms with van der Waals surface area (Å²) in [5, 5.41) is 0. The number of hydrogen-bond acceptors (Lipinski definition) is 3. The monoisotopic (exact) mass is 278 g/mol. The van der Waals surface area contributed by atoms with Gasteiger partial charge in [0.1, 0.15) is 11.6 Å². The van der Waals surface area contributed by atoms with Gasteiger partial charge in [-0.25, -0.2) is 13.8 Å². The fourth-order valence-electron chi connectivity index (χ4n) is 1.81. The summed E-state index contributed by atoms with van der Waals surface area (Å²) in [7, 11) is 1.61. The number of rotatable bonds is 4. The van der Waals surface area contributed by atoms with E-state index in [-0.39, 0.29) is 11.4 Å². The Kier molecular flexibility index (Phi) is 3.74. The van der Waals surface area contributed by atoms with Gasteiger partial charge in [0, 0.05) is 19.4 Å². The Balaban J connectivity index is 2.23. The molecule has 1 heterocycles. The molecule has 0 unspecified atom stereocenters. The van der Waals surface area contributed by atoms with Crippen molar-refractivity contribution in [1.82, 2.24) is 9.55 Å². The second-order valence-electron chi connectivity index (χ2n) is 4.47. The molecule has 0 saturated heterocycles. The van der Waals surface area contributed by atoms with E-state index >= 15 is 0 Å². The fraction of sp³-hybridized carbons (Fsp3) is 0.214. The Bertz CT molecular complexity index is 692. The van der Waals surface area contributed by atoms with Gasteiger partial charge in [0.05, 0.1) is 12.0 Å². The third-order valence-corrected chi connectivity index (χ3v) is 2.94. The van der Waals surface area contributed by atoms with Gasteiger partial charge < -0.3 is 4.57 Å². The maximum Gasteiger partial charge on any atom is 0.205 e. The van der Waals surface area contributed by atoms with Crippen LogP contribution in [0.25, 0.3) is 0 Å². The summed E-state index contributed by atoms with van der Waals surface area (Å²) in [4.78, 5) is 27.5. The first kappa shape index (κ1) is 14.0. The van der Waals surface area contributed by atoms with E-state index in [1.807, 2.05) is 0 Å². The van der Waals surface area contributed by atoms with E-state index in [1.54, 1.807) is 13.2 Å². The number of benzene rings is 1. The van der Waals surface area contributed by atoms with Gasteiger partial charge in [-0.3, -0.25) is 9.59 Å². The lowest BCUT2D eigenvalue weighted by Gasteiger charge is -2.05. The van der Waals surface area contributed by atoms with E-state index in [0.717, 1.165) is 12.1 Å². The molecule has 0 fully saturated rings. The van der Waals surface area contributed by atoms with Gasteiger partial charge >= 0.3 is 0 Å². The van der Waals surface area contributed by atoms with Gasteiger partial charge in [0.15, 0.2) is 11.6 Å². The molecule has 0 atom stereocenters. The van der Waals surface area contributed by atoms with Gasteiger partial charge in [-0.2, -0.15) is 0 Å². The number of carbonyl (C=O) groups excluding carboxylic acids is 2. The first-order valence-corrected chi connectivity index (χ1v) is 5.89. The van der Waals surface area contributed by atoms with Crippen molar-refractivity contribution in [1.29, 1.82) is 0 Å². The van der Waals surface area contributed by atoms with E-state index in [2.05, 4.69) is 4.98 Å². The summed E-state index contributed by atoms with van der Waals surface area (Å²) in [6, 6.07) is 1.76. The number of aryl methyl sites for hydroxylation is 2. The van der Waals surface area contributed by atoms with E-state index in [1.165, 1.54) is 17.7 Å². The van der Waals surface area contributed by atoms with Crippen LogP contribution < -0.4 is 0 Å². The van der Waals surface area contributed by atoms with Crippen molar-refractivity contribution >= 4 is 11.6 Å². The number of aromatic nitrogens is 2. The molecule has 1 aromatic heterocycles. The number of hydrogen-bond donors (Lipinski definition) is 0. The van der Waals surface area contributed by atoms with Crippen LogP contribution in [0, 0.1) is 18.6 Å². The molecule has 0 N–H and O–H groups in total. The third-order valence-electron chi connectivity index (χ3n) is 2.94. The molecule has 0 aliphatic heterocycles. The molecule has 0 radical (unpaired) electrons. The van der Waals surface area contributed by atoms with Crippen LogP contribution in [0.1, 0.15) is 33.0 Å². The third kappa shape index (κ3) is 2.64. The van der Waals surface area contributed by atoms with Crippen LogP contribution in [-0.2, 0) is 7.05 Å². The van der Waals surface area contributed by atoms with Crippen molar-refractivity contribution in [2.75, 3.05) is 0 Å². The quantitative estimate of drug-likeness (QED) is 0.637. The summed E-state index contributed by atoms with van der Waals surface area (Å²) < 4.78 is 28.5. The number of Topliss-reactive ketones (excluding diaryl/α,β-unsaturated/α-hetero) is 2. The molecule has 0 spiro atoms. The first-order valence-electron chi connectivity index (χ1n) is 5.89. The number of imidazole rings is 1. The molecule has 104 valence electrons. The van der Waals surface area contributed by atoms with Crippen LogP contribution in [0.5, 0.6) is 0 Å². The molecular formula is C14H12F2N2O2. The Morgan fingerprint density at radius 3 is 2.50 bits per heavy atom. The van der Waals surface area contributed by atoms with Crippen molar-refractivity contribution in [2.24, 2.45) is 7.05 Å². The molecule has 6 heteroatoms.